The van der Waals surface area contributed by atoms with Gasteiger partial charge >= 0.3 is 6.09 Å². The standard InChI is InChI=1S/C35H45N5O5/c1-5-40(29-10-16-45-17-11-29)32-20-28(27-8-6-26(7-9-27)22-38-12-14-39(15-13-38)35(43)44)19-30(25(32)4)33(41)36-21-31-23(2)18-24(3)37-34(31)42/h6-9,18-20,29H,5,10-17,21-22H2,1-4H3,(H,36,41)(H,37,42)(H,43,44). The maximum absolute atomic E-state index is 13.8. The van der Waals surface area contributed by atoms with Crippen LogP contribution in [0.15, 0.2) is 47.3 Å². The number of hydrogen-bond acceptors (Lipinski definition) is 6. The smallest absolute Gasteiger partial charge is 0.407 e. The van der Waals surface area contributed by atoms with Crippen molar-refractivity contribution in [3.63, 3.8) is 0 Å². The number of carbonyl (C=O) groups is 2. The molecule has 2 amide bonds. The molecule has 10 heteroatoms. The van der Waals surface area contributed by atoms with Crippen molar-refractivity contribution in [1.29, 1.82) is 0 Å². The molecule has 2 aliphatic rings. The predicted octanol–water partition coefficient (Wildman–Crippen LogP) is 4.70. The van der Waals surface area contributed by atoms with Gasteiger partial charge in [-0.25, -0.2) is 4.79 Å². The van der Waals surface area contributed by atoms with Crippen LogP contribution in [0.4, 0.5) is 10.5 Å². The lowest BCUT2D eigenvalue weighted by Crippen LogP contribution is -2.47. The van der Waals surface area contributed by atoms with Gasteiger partial charge in [0.1, 0.15) is 0 Å². The van der Waals surface area contributed by atoms with Crippen LogP contribution in [0.2, 0.25) is 0 Å². The van der Waals surface area contributed by atoms with Gasteiger partial charge in [0.2, 0.25) is 0 Å². The van der Waals surface area contributed by atoms with Gasteiger partial charge in [-0.15, -0.1) is 0 Å². The van der Waals surface area contributed by atoms with Crippen LogP contribution in [0.25, 0.3) is 11.1 Å². The van der Waals surface area contributed by atoms with Gasteiger partial charge in [-0.2, -0.15) is 0 Å². The molecule has 5 rings (SSSR count). The van der Waals surface area contributed by atoms with Crippen molar-refractivity contribution in [1.82, 2.24) is 20.1 Å². The van der Waals surface area contributed by atoms with Crippen molar-refractivity contribution in [3.05, 3.63) is 86.3 Å². The van der Waals surface area contributed by atoms with Gasteiger partial charge in [0.25, 0.3) is 11.5 Å². The van der Waals surface area contributed by atoms with Crippen molar-refractivity contribution >= 4 is 17.7 Å². The highest BCUT2D eigenvalue weighted by atomic mass is 16.5. The van der Waals surface area contributed by atoms with Gasteiger partial charge in [-0.1, -0.05) is 24.3 Å². The normalized spacial score (nSPS) is 16.0. The Bertz CT molecular complexity index is 1570. The Labute approximate surface area is 265 Å². The molecule has 3 heterocycles. The maximum Gasteiger partial charge on any atom is 0.407 e. The molecule has 3 aromatic rings. The van der Waals surface area contributed by atoms with Crippen molar-refractivity contribution in [3.8, 4) is 11.1 Å². The quantitative estimate of drug-likeness (QED) is 0.320. The minimum Gasteiger partial charge on any atom is -0.465 e. The maximum atomic E-state index is 13.8. The molecule has 240 valence electrons. The molecule has 1 aromatic heterocycles. The van der Waals surface area contributed by atoms with Crippen molar-refractivity contribution < 1.29 is 19.4 Å². The van der Waals surface area contributed by atoms with Gasteiger partial charge in [0.15, 0.2) is 0 Å². The fourth-order valence-electron chi connectivity index (χ4n) is 6.55. The fourth-order valence-corrected chi connectivity index (χ4v) is 6.55. The van der Waals surface area contributed by atoms with E-state index >= 15 is 0 Å². The SMILES string of the molecule is CCN(c1cc(-c2ccc(CN3CCN(C(=O)O)CC3)cc2)cc(C(=O)NCc2c(C)cc(C)[nH]c2=O)c1C)C1CCOCC1. The Hall–Kier alpha value is -4.15. The number of carboxylic acid groups (broad SMARTS) is 1. The zero-order valence-electron chi connectivity index (χ0n) is 26.8. The lowest BCUT2D eigenvalue weighted by molar-refractivity contribution is 0.0845. The summed E-state index contributed by atoms with van der Waals surface area (Å²) in [5, 5.41) is 12.3. The molecule has 2 saturated heterocycles. The van der Waals surface area contributed by atoms with Crippen molar-refractivity contribution in [2.24, 2.45) is 0 Å². The summed E-state index contributed by atoms with van der Waals surface area (Å²) in [6.07, 6.45) is 1.01. The van der Waals surface area contributed by atoms with E-state index in [1.54, 1.807) is 0 Å². The topological polar surface area (TPSA) is 118 Å². The molecular formula is C35H45N5O5. The van der Waals surface area contributed by atoms with E-state index in [-0.39, 0.29) is 18.0 Å². The molecule has 3 N–H and O–H groups in total. The molecule has 2 fully saturated rings. The number of pyridine rings is 1. The first-order valence-corrected chi connectivity index (χ1v) is 15.9. The first-order chi connectivity index (χ1) is 21.6. The lowest BCUT2D eigenvalue weighted by Gasteiger charge is -2.37. The number of aryl methyl sites for hydroxylation is 2. The number of amides is 2. The van der Waals surface area contributed by atoms with Gasteiger partial charge in [0, 0.05) is 87.6 Å². The number of H-pyrrole nitrogens is 1. The van der Waals surface area contributed by atoms with Crippen LogP contribution in [0.5, 0.6) is 0 Å². The van der Waals surface area contributed by atoms with Crippen LogP contribution in [0, 0.1) is 20.8 Å². The molecule has 0 atom stereocenters. The first kappa shape index (κ1) is 32.2. The summed E-state index contributed by atoms with van der Waals surface area (Å²) >= 11 is 0. The van der Waals surface area contributed by atoms with Gasteiger partial charge in [0.05, 0.1) is 0 Å². The molecule has 0 saturated carbocycles. The number of benzene rings is 2. The second-order valence-corrected chi connectivity index (χ2v) is 12.2. The predicted molar refractivity (Wildman–Crippen MR) is 176 cm³/mol. The van der Waals surface area contributed by atoms with Crippen LogP contribution >= 0.6 is 0 Å². The van der Waals surface area contributed by atoms with Crippen LogP contribution < -0.4 is 15.8 Å². The monoisotopic (exact) mass is 615 g/mol. The number of anilines is 1. The molecule has 0 unspecified atom stereocenters. The molecule has 2 aliphatic heterocycles. The molecule has 0 bridgehead atoms. The second-order valence-electron chi connectivity index (χ2n) is 12.2. The van der Waals surface area contributed by atoms with Crippen LogP contribution in [-0.2, 0) is 17.8 Å². The van der Waals surface area contributed by atoms with Gasteiger partial charge < -0.3 is 29.9 Å². The van der Waals surface area contributed by atoms with E-state index in [1.807, 2.05) is 32.9 Å². The molecule has 0 spiro atoms. The Balaban J connectivity index is 1.42. The zero-order chi connectivity index (χ0) is 32.1. The number of hydrogen-bond donors (Lipinski definition) is 3. The van der Waals surface area contributed by atoms with Crippen LogP contribution in [-0.4, -0.2) is 83.9 Å². The number of piperazine rings is 1. The molecule has 10 nitrogen and oxygen atoms in total. The van der Waals surface area contributed by atoms with Crippen molar-refractivity contribution in [2.75, 3.05) is 50.8 Å². The summed E-state index contributed by atoms with van der Waals surface area (Å²) in [7, 11) is 0. The molecule has 2 aromatic carbocycles. The zero-order valence-corrected chi connectivity index (χ0v) is 26.8. The van der Waals surface area contributed by atoms with E-state index in [4.69, 9.17) is 4.74 Å². The summed E-state index contributed by atoms with van der Waals surface area (Å²) < 4.78 is 5.65. The van der Waals surface area contributed by atoms with Gasteiger partial charge in [-0.05, 0) is 86.6 Å². The average Bonchev–Trinajstić information content (AvgIpc) is 3.03. The number of rotatable bonds is 9. The van der Waals surface area contributed by atoms with Crippen LogP contribution in [0.3, 0.4) is 0 Å². The number of nitrogens with one attached hydrogen (secondary N) is 2. The van der Waals surface area contributed by atoms with Gasteiger partial charge in [-0.3, -0.25) is 14.5 Å². The Morgan fingerprint density at radius 1 is 1.00 bits per heavy atom. The Morgan fingerprint density at radius 3 is 2.31 bits per heavy atom. The minimum absolute atomic E-state index is 0.145. The number of aromatic amines is 1. The van der Waals surface area contributed by atoms with E-state index in [1.165, 1.54) is 4.90 Å². The minimum atomic E-state index is -0.859. The third-order valence-electron chi connectivity index (χ3n) is 9.16. The summed E-state index contributed by atoms with van der Waals surface area (Å²) in [5.41, 5.74) is 7.69. The van der Waals surface area contributed by atoms with E-state index in [0.717, 1.165) is 78.3 Å². The largest absolute Gasteiger partial charge is 0.465 e. The molecule has 0 radical (unpaired) electrons. The number of carbonyl (C=O) groups excluding carboxylic acids is 1. The van der Waals surface area contributed by atoms with E-state index in [9.17, 15) is 19.5 Å². The second kappa shape index (κ2) is 14.3. The molecule has 45 heavy (non-hydrogen) atoms. The Kier molecular flexibility index (Phi) is 10.2. The Morgan fingerprint density at radius 2 is 1.69 bits per heavy atom. The third kappa shape index (κ3) is 7.57. The number of aromatic nitrogens is 1. The fraction of sp³-hybridized carbons (Fsp3) is 0.457. The number of nitrogens with zero attached hydrogens (tertiary/aromatic N) is 3. The van der Waals surface area contributed by atoms with E-state index < -0.39 is 6.09 Å². The van der Waals surface area contributed by atoms with Crippen molar-refractivity contribution in [2.45, 2.75) is 59.7 Å². The summed E-state index contributed by atoms with van der Waals surface area (Å²) in [6.45, 7) is 13.5. The first-order valence-electron chi connectivity index (χ1n) is 15.9. The third-order valence-corrected chi connectivity index (χ3v) is 9.16. The van der Waals surface area contributed by atoms with Crippen LogP contribution in [0.1, 0.15) is 58.1 Å². The highest BCUT2D eigenvalue weighted by molar-refractivity contribution is 5.99. The highest BCUT2D eigenvalue weighted by Crippen LogP contribution is 2.34. The number of ether oxygens (including phenoxy) is 1. The molecular weight excluding hydrogens is 570 g/mol. The summed E-state index contributed by atoms with van der Waals surface area (Å²) in [4.78, 5) is 46.6. The average molecular weight is 616 g/mol. The van der Waals surface area contributed by atoms with E-state index in [2.05, 4.69) is 57.4 Å². The molecule has 0 aliphatic carbocycles. The highest BCUT2D eigenvalue weighted by Gasteiger charge is 2.25. The van der Waals surface area contributed by atoms with E-state index in [0.29, 0.717) is 43.3 Å². The summed E-state index contributed by atoms with van der Waals surface area (Å²) in [5.74, 6) is -0.213. The summed E-state index contributed by atoms with van der Waals surface area (Å²) in [6, 6.07) is 14.8. The lowest BCUT2D eigenvalue weighted by atomic mass is 9.94.